The van der Waals surface area contributed by atoms with Crippen molar-refractivity contribution < 1.29 is 14.6 Å². The molecular weight excluding hydrogens is 206 g/mol. The van der Waals surface area contributed by atoms with Crippen molar-refractivity contribution >= 4 is 5.97 Å². The number of aliphatic carboxylic acids is 1. The predicted octanol–water partition coefficient (Wildman–Crippen LogP) is 1.60. The third kappa shape index (κ3) is 5.47. The Morgan fingerprint density at radius 1 is 1.50 bits per heavy atom. The molecule has 0 saturated carbocycles. The molecule has 1 fully saturated rings. The second-order valence-corrected chi connectivity index (χ2v) is 5.70. The van der Waals surface area contributed by atoms with Gasteiger partial charge in [-0.2, -0.15) is 0 Å². The van der Waals surface area contributed by atoms with Gasteiger partial charge in [0.1, 0.15) is 0 Å². The number of carbonyl (C=O) groups is 1. The van der Waals surface area contributed by atoms with Crippen LogP contribution in [0.2, 0.25) is 0 Å². The number of carboxylic acids is 1. The third-order valence-corrected chi connectivity index (χ3v) is 2.80. The van der Waals surface area contributed by atoms with E-state index >= 15 is 0 Å². The molecule has 1 aliphatic rings. The fourth-order valence-corrected chi connectivity index (χ4v) is 1.80. The van der Waals surface area contributed by atoms with Crippen molar-refractivity contribution in [3.63, 3.8) is 0 Å². The second-order valence-electron chi connectivity index (χ2n) is 5.70. The van der Waals surface area contributed by atoms with Crippen LogP contribution in [0, 0.1) is 5.41 Å². The van der Waals surface area contributed by atoms with Crippen LogP contribution < -0.4 is 0 Å². The molecule has 0 aromatic rings. The summed E-state index contributed by atoms with van der Waals surface area (Å²) in [5.74, 6) is -0.775. The molecule has 0 radical (unpaired) electrons. The summed E-state index contributed by atoms with van der Waals surface area (Å²) < 4.78 is 5.43. The molecule has 1 saturated heterocycles. The maximum absolute atomic E-state index is 10.6. The van der Waals surface area contributed by atoms with E-state index in [0.29, 0.717) is 12.0 Å². The fraction of sp³-hybridized carbons (Fsp3) is 0.917. The van der Waals surface area contributed by atoms with E-state index in [2.05, 4.69) is 25.7 Å². The van der Waals surface area contributed by atoms with Crippen LogP contribution in [0.4, 0.5) is 0 Å². The Labute approximate surface area is 97.6 Å². The SMILES string of the molecule is CC(C)(C)CCN1CCOC(CC(=O)O)C1. The van der Waals surface area contributed by atoms with Crippen molar-refractivity contribution in [2.24, 2.45) is 5.41 Å². The predicted molar refractivity (Wildman–Crippen MR) is 62.5 cm³/mol. The number of morpholine rings is 1. The molecule has 1 atom stereocenters. The van der Waals surface area contributed by atoms with Crippen LogP contribution in [-0.2, 0) is 9.53 Å². The lowest BCUT2D eigenvalue weighted by Crippen LogP contribution is -2.44. The van der Waals surface area contributed by atoms with E-state index in [1.807, 2.05) is 0 Å². The minimum absolute atomic E-state index is 0.117. The Kier molecular flexibility index (Phi) is 4.74. The van der Waals surface area contributed by atoms with E-state index in [1.54, 1.807) is 0 Å². The first-order valence-corrected chi connectivity index (χ1v) is 5.92. The van der Waals surface area contributed by atoms with Gasteiger partial charge in [0.15, 0.2) is 0 Å². The van der Waals surface area contributed by atoms with Gasteiger partial charge in [-0.3, -0.25) is 9.69 Å². The lowest BCUT2D eigenvalue weighted by atomic mass is 9.92. The molecular formula is C12H23NO3. The highest BCUT2D eigenvalue weighted by Gasteiger charge is 2.23. The monoisotopic (exact) mass is 229 g/mol. The average Bonchev–Trinajstić information content (AvgIpc) is 2.13. The smallest absolute Gasteiger partial charge is 0.306 e. The van der Waals surface area contributed by atoms with Crippen LogP contribution in [0.15, 0.2) is 0 Å². The highest BCUT2D eigenvalue weighted by atomic mass is 16.5. The second kappa shape index (κ2) is 5.64. The zero-order valence-corrected chi connectivity index (χ0v) is 10.5. The van der Waals surface area contributed by atoms with Gasteiger partial charge in [0.25, 0.3) is 0 Å². The fourth-order valence-electron chi connectivity index (χ4n) is 1.80. The summed E-state index contributed by atoms with van der Waals surface area (Å²) in [7, 11) is 0. The molecule has 0 aromatic carbocycles. The average molecular weight is 229 g/mol. The van der Waals surface area contributed by atoms with Crippen molar-refractivity contribution in [1.82, 2.24) is 4.90 Å². The molecule has 1 rings (SSSR count). The minimum atomic E-state index is -0.775. The molecule has 94 valence electrons. The number of nitrogens with zero attached hydrogens (tertiary/aromatic N) is 1. The van der Waals surface area contributed by atoms with Gasteiger partial charge in [0.2, 0.25) is 0 Å². The third-order valence-electron chi connectivity index (χ3n) is 2.80. The number of hydrogen-bond donors (Lipinski definition) is 1. The quantitative estimate of drug-likeness (QED) is 0.795. The normalized spacial score (nSPS) is 23.3. The van der Waals surface area contributed by atoms with Gasteiger partial charge < -0.3 is 9.84 Å². The van der Waals surface area contributed by atoms with Gasteiger partial charge in [-0.1, -0.05) is 20.8 Å². The maximum atomic E-state index is 10.6. The highest BCUT2D eigenvalue weighted by molar-refractivity contribution is 5.67. The van der Waals surface area contributed by atoms with Crippen molar-refractivity contribution in [3.8, 4) is 0 Å². The van der Waals surface area contributed by atoms with E-state index in [9.17, 15) is 4.79 Å². The highest BCUT2D eigenvalue weighted by Crippen LogP contribution is 2.20. The van der Waals surface area contributed by atoms with E-state index < -0.39 is 5.97 Å². The topological polar surface area (TPSA) is 49.8 Å². The molecule has 0 bridgehead atoms. The van der Waals surface area contributed by atoms with Crippen molar-refractivity contribution in [2.45, 2.75) is 39.7 Å². The zero-order valence-electron chi connectivity index (χ0n) is 10.5. The Bertz CT molecular complexity index is 235. The summed E-state index contributed by atoms with van der Waals surface area (Å²) in [6.07, 6.45) is 1.12. The standard InChI is InChI=1S/C12H23NO3/c1-12(2,3)4-5-13-6-7-16-10(9-13)8-11(14)15/h10H,4-9H2,1-3H3,(H,14,15). The summed E-state index contributed by atoms with van der Waals surface area (Å²) in [6.45, 7) is 10.0. The van der Waals surface area contributed by atoms with E-state index in [-0.39, 0.29) is 12.5 Å². The maximum Gasteiger partial charge on any atom is 0.306 e. The largest absolute Gasteiger partial charge is 0.481 e. The van der Waals surface area contributed by atoms with Gasteiger partial charge in [0, 0.05) is 13.1 Å². The number of ether oxygens (including phenoxy) is 1. The lowest BCUT2D eigenvalue weighted by Gasteiger charge is -2.33. The molecule has 0 amide bonds. The molecule has 0 aromatic heterocycles. The number of rotatable bonds is 4. The van der Waals surface area contributed by atoms with Crippen LogP contribution in [0.25, 0.3) is 0 Å². The Morgan fingerprint density at radius 3 is 2.75 bits per heavy atom. The van der Waals surface area contributed by atoms with Crippen LogP contribution in [0.1, 0.15) is 33.6 Å². The molecule has 1 aliphatic heterocycles. The molecule has 1 unspecified atom stereocenters. The molecule has 4 heteroatoms. The van der Waals surface area contributed by atoms with Gasteiger partial charge in [0.05, 0.1) is 19.1 Å². The number of hydrogen-bond acceptors (Lipinski definition) is 3. The molecule has 1 N–H and O–H groups in total. The summed E-state index contributed by atoms with van der Waals surface area (Å²) in [6, 6.07) is 0. The van der Waals surface area contributed by atoms with E-state index in [1.165, 1.54) is 0 Å². The van der Waals surface area contributed by atoms with Crippen LogP contribution >= 0.6 is 0 Å². The van der Waals surface area contributed by atoms with Gasteiger partial charge in [-0.15, -0.1) is 0 Å². The van der Waals surface area contributed by atoms with Gasteiger partial charge >= 0.3 is 5.97 Å². The summed E-state index contributed by atoms with van der Waals surface area (Å²) in [4.78, 5) is 12.9. The van der Waals surface area contributed by atoms with Gasteiger partial charge in [-0.05, 0) is 18.4 Å². The van der Waals surface area contributed by atoms with Crippen molar-refractivity contribution in [3.05, 3.63) is 0 Å². The molecule has 1 heterocycles. The minimum Gasteiger partial charge on any atom is -0.481 e. The molecule has 0 aliphatic carbocycles. The first-order valence-electron chi connectivity index (χ1n) is 5.92. The van der Waals surface area contributed by atoms with Crippen LogP contribution in [0.3, 0.4) is 0 Å². The summed E-state index contributed by atoms with van der Waals surface area (Å²) in [5, 5.41) is 8.71. The van der Waals surface area contributed by atoms with Crippen molar-refractivity contribution in [2.75, 3.05) is 26.2 Å². The molecule has 4 nitrogen and oxygen atoms in total. The summed E-state index contributed by atoms with van der Waals surface area (Å²) >= 11 is 0. The first kappa shape index (κ1) is 13.5. The Hall–Kier alpha value is -0.610. The van der Waals surface area contributed by atoms with Crippen LogP contribution in [0.5, 0.6) is 0 Å². The zero-order chi connectivity index (χ0) is 12.2. The van der Waals surface area contributed by atoms with Crippen LogP contribution in [-0.4, -0.2) is 48.3 Å². The van der Waals surface area contributed by atoms with E-state index in [4.69, 9.17) is 9.84 Å². The van der Waals surface area contributed by atoms with Crippen molar-refractivity contribution in [1.29, 1.82) is 0 Å². The Morgan fingerprint density at radius 2 is 2.19 bits per heavy atom. The first-order chi connectivity index (χ1) is 7.37. The number of carboxylic acid groups (broad SMARTS) is 1. The molecule has 16 heavy (non-hydrogen) atoms. The lowest BCUT2D eigenvalue weighted by molar-refractivity contribution is -0.142. The molecule has 0 spiro atoms. The Balaban J connectivity index is 2.30. The summed E-state index contributed by atoms with van der Waals surface area (Å²) in [5.41, 5.74) is 0.334. The van der Waals surface area contributed by atoms with Gasteiger partial charge in [-0.25, -0.2) is 0 Å². The van der Waals surface area contributed by atoms with E-state index in [0.717, 1.165) is 26.1 Å².